The summed E-state index contributed by atoms with van der Waals surface area (Å²) in [6, 6.07) is 8.99. The molecule has 116 valence electrons. The van der Waals surface area contributed by atoms with E-state index >= 15 is 0 Å². The van der Waals surface area contributed by atoms with Gasteiger partial charge in [-0.2, -0.15) is 0 Å². The molecule has 0 aromatic heterocycles. The Morgan fingerprint density at radius 2 is 2.14 bits per heavy atom. The molecular weight excluding hydrogens is 262 g/mol. The van der Waals surface area contributed by atoms with E-state index < -0.39 is 0 Å². The fourth-order valence-corrected chi connectivity index (χ4v) is 3.98. The zero-order chi connectivity index (χ0) is 14.9. The topological polar surface area (TPSA) is 30.5 Å². The highest BCUT2D eigenvalue weighted by molar-refractivity contribution is 5.52. The highest BCUT2D eigenvalue weighted by Crippen LogP contribution is 2.52. The number of benzene rings is 1. The molecule has 1 aromatic rings. The van der Waals surface area contributed by atoms with Gasteiger partial charge in [0, 0.05) is 41.8 Å². The monoisotopic (exact) mass is 289 g/mol. The lowest BCUT2D eigenvalue weighted by atomic mass is 9.55. The van der Waals surface area contributed by atoms with Gasteiger partial charge >= 0.3 is 0 Å². The fourth-order valence-electron chi connectivity index (χ4n) is 3.98. The van der Waals surface area contributed by atoms with Crippen molar-refractivity contribution in [2.45, 2.75) is 52.4 Å². The summed E-state index contributed by atoms with van der Waals surface area (Å²) in [5.41, 5.74) is 2.66. The van der Waals surface area contributed by atoms with Crippen LogP contribution in [0.3, 0.4) is 0 Å². The summed E-state index contributed by atoms with van der Waals surface area (Å²) in [4.78, 5) is 0. The van der Waals surface area contributed by atoms with E-state index in [4.69, 9.17) is 9.47 Å². The molecule has 3 unspecified atom stereocenters. The number of para-hydroxylation sites is 1. The molecule has 2 aliphatic rings. The molecule has 1 aliphatic heterocycles. The highest BCUT2D eigenvalue weighted by atomic mass is 16.5. The fraction of sp³-hybridized carbons (Fsp3) is 0.667. The van der Waals surface area contributed by atoms with Crippen LogP contribution < -0.4 is 5.32 Å². The van der Waals surface area contributed by atoms with E-state index in [0.29, 0.717) is 24.7 Å². The molecule has 0 spiro atoms. The third-order valence-corrected chi connectivity index (χ3v) is 5.12. The summed E-state index contributed by atoms with van der Waals surface area (Å²) >= 11 is 0. The minimum Gasteiger partial charge on any atom is -0.381 e. The van der Waals surface area contributed by atoms with E-state index in [-0.39, 0.29) is 5.41 Å². The average Bonchev–Trinajstić information content (AvgIpc) is 2.51. The van der Waals surface area contributed by atoms with Crippen molar-refractivity contribution in [1.82, 2.24) is 0 Å². The molecule has 1 saturated heterocycles. The number of hydrogen-bond donors (Lipinski definition) is 1. The zero-order valence-electron chi connectivity index (χ0n) is 13.4. The number of anilines is 1. The van der Waals surface area contributed by atoms with Crippen molar-refractivity contribution in [2.24, 2.45) is 11.3 Å². The maximum atomic E-state index is 5.99. The Morgan fingerprint density at radius 1 is 1.33 bits per heavy atom. The van der Waals surface area contributed by atoms with Crippen molar-refractivity contribution in [3.8, 4) is 0 Å². The lowest BCUT2D eigenvalue weighted by Crippen LogP contribution is -2.67. The second kappa shape index (κ2) is 5.98. The van der Waals surface area contributed by atoms with Crippen LogP contribution in [0.15, 0.2) is 24.3 Å². The van der Waals surface area contributed by atoms with Crippen LogP contribution in [0, 0.1) is 11.3 Å². The Kier molecular flexibility index (Phi) is 4.23. The third kappa shape index (κ3) is 2.69. The molecule has 3 heteroatoms. The number of hydrogen-bond acceptors (Lipinski definition) is 3. The Hall–Kier alpha value is -1.06. The van der Waals surface area contributed by atoms with E-state index in [9.17, 15) is 0 Å². The standard InChI is InChI=1S/C18H27NO2/c1-4-20-12-13-8-5-6-10-15(13)19-16-14-9-7-11-21-17(14)18(16,2)3/h5-6,8,10,14,16-17,19H,4,7,9,11-12H2,1-3H3. The van der Waals surface area contributed by atoms with Gasteiger partial charge in [0.25, 0.3) is 0 Å². The maximum Gasteiger partial charge on any atom is 0.0736 e. The Balaban J connectivity index is 1.74. The molecule has 3 nitrogen and oxygen atoms in total. The lowest BCUT2D eigenvalue weighted by Gasteiger charge is -2.60. The Bertz CT molecular complexity index is 486. The molecule has 1 N–H and O–H groups in total. The summed E-state index contributed by atoms with van der Waals surface area (Å²) < 4.78 is 11.6. The van der Waals surface area contributed by atoms with Crippen LogP contribution in [0.4, 0.5) is 5.69 Å². The van der Waals surface area contributed by atoms with Gasteiger partial charge in [0.2, 0.25) is 0 Å². The van der Waals surface area contributed by atoms with Crippen molar-refractivity contribution < 1.29 is 9.47 Å². The van der Waals surface area contributed by atoms with Gasteiger partial charge in [-0.15, -0.1) is 0 Å². The molecule has 21 heavy (non-hydrogen) atoms. The molecule has 0 bridgehead atoms. The molecule has 1 aliphatic carbocycles. The molecule has 3 rings (SSSR count). The Labute approximate surface area is 128 Å². The average molecular weight is 289 g/mol. The molecular formula is C18H27NO2. The van der Waals surface area contributed by atoms with Crippen LogP contribution in [0.25, 0.3) is 0 Å². The van der Waals surface area contributed by atoms with Crippen LogP contribution in [-0.4, -0.2) is 25.4 Å². The summed E-state index contributed by atoms with van der Waals surface area (Å²) in [7, 11) is 0. The predicted molar refractivity (Wildman–Crippen MR) is 85.4 cm³/mol. The third-order valence-electron chi connectivity index (χ3n) is 5.12. The number of fused-ring (bicyclic) bond motifs is 1. The van der Waals surface area contributed by atoms with Crippen molar-refractivity contribution in [3.05, 3.63) is 29.8 Å². The molecule has 2 fully saturated rings. The van der Waals surface area contributed by atoms with E-state index in [1.54, 1.807) is 0 Å². The van der Waals surface area contributed by atoms with Crippen LogP contribution in [0.2, 0.25) is 0 Å². The lowest BCUT2D eigenvalue weighted by molar-refractivity contribution is -0.177. The van der Waals surface area contributed by atoms with E-state index in [0.717, 1.165) is 13.2 Å². The van der Waals surface area contributed by atoms with Gasteiger partial charge < -0.3 is 14.8 Å². The van der Waals surface area contributed by atoms with Gasteiger partial charge in [-0.1, -0.05) is 32.0 Å². The number of rotatable bonds is 5. The first-order valence-electron chi connectivity index (χ1n) is 8.18. The first-order valence-corrected chi connectivity index (χ1v) is 8.18. The molecule has 0 amide bonds. The summed E-state index contributed by atoms with van der Waals surface area (Å²) in [6.45, 7) is 9.04. The molecule has 3 atom stereocenters. The quantitative estimate of drug-likeness (QED) is 0.893. The van der Waals surface area contributed by atoms with E-state index in [1.807, 2.05) is 6.92 Å². The second-order valence-electron chi connectivity index (χ2n) is 6.84. The van der Waals surface area contributed by atoms with Crippen LogP contribution in [-0.2, 0) is 16.1 Å². The molecule has 1 heterocycles. The zero-order valence-corrected chi connectivity index (χ0v) is 13.4. The highest BCUT2D eigenvalue weighted by Gasteiger charge is 2.57. The van der Waals surface area contributed by atoms with Gasteiger partial charge in [-0.3, -0.25) is 0 Å². The van der Waals surface area contributed by atoms with Crippen LogP contribution in [0.1, 0.15) is 39.2 Å². The van der Waals surface area contributed by atoms with Crippen molar-refractivity contribution in [1.29, 1.82) is 0 Å². The maximum absolute atomic E-state index is 5.99. The molecule has 1 saturated carbocycles. The van der Waals surface area contributed by atoms with Crippen LogP contribution >= 0.6 is 0 Å². The summed E-state index contributed by atoms with van der Waals surface area (Å²) in [6.07, 6.45) is 2.89. The van der Waals surface area contributed by atoms with Gasteiger partial charge in [-0.05, 0) is 25.8 Å². The predicted octanol–water partition coefficient (Wildman–Crippen LogP) is 3.84. The number of nitrogens with one attached hydrogen (secondary N) is 1. The normalized spacial score (nSPS) is 30.3. The minimum atomic E-state index is 0.198. The first-order chi connectivity index (χ1) is 10.1. The number of ether oxygens (including phenoxy) is 2. The van der Waals surface area contributed by atoms with Crippen molar-refractivity contribution in [3.63, 3.8) is 0 Å². The van der Waals surface area contributed by atoms with Crippen LogP contribution in [0.5, 0.6) is 0 Å². The SMILES string of the molecule is CCOCc1ccccc1NC1C2CCCOC2C1(C)C. The van der Waals surface area contributed by atoms with Crippen molar-refractivity contribution in [2.75, 3.05) is 18.5 Å². The first kappa shape index (κ1) is 14.9. The van der Waals surface area contributed by atoms with Gasteiger partial charge in [0.15, 0.2) is 0 Å². The van der Waals surface area contributed by atoms with Gasteiger partial charge in [0.1, 0.15) is 0 Å². The van der Waals surface area contributed by atoms with Gasteiger partial charge in [0.05, 0.1) is 12.7 Å². The smallest absolute Gasteiger partial charge is 0.0736 e. The van der Waals surface area contributed by atoms with E-state index in [2.05, 4.69) is 43.4 Å². The summed E-state index contributed by atoms with van der Waals surface area (Å²) in [5, 5.41) is 3.79. The summed E-state index contributed by atoms with van der Waals surface area (Å²) in [5.74, 6) is 0.647. The molecule has 1 aromatic carbocycles. The molecule has 0 radical (unpaired) electrons. The second-order valence-corrected chi connectivity index (χ2v) is 6.84. The van der Waals surface area contributed by atoms with E-state index in [1.165, 1.54) is 24.1 Å². The minimum absolute atomic E-state index is 0.198. The van der Waals surface area contributed by atoms with Gasteiger partial charge in [-0.25, -0.2) is 0 Å². The Morgan fingerprint density at radius 3 is 2.95 bits per heavy atom. The van der Waals surface area contributed by atoms with Crippen molar-refractivity contribution >= 4 is 5.69 Å². The largest absolute Gasteiger partial charge is 0.381 e.